The SMILES string of the molecule is CCCCOc1ccccc1/C=N\NC(=O)Cc1ccc(C)cc1. The van der Waals surface area contributed by atoms with Gasteiger partial charge < -0.3 is 4.74 Å². The number of unbranched alkanes of at least 4 members (excludes halogenated alkanes) is 1. The number of carbonyl (C=O) groups excluding carboxylic acids is 1. The Labute approximate surface area is 143 Å². The Kier molecular flexibility index (Phi) is 7.02. The number of amides is 1. The highest BCUT2D eigenvalue weighted by molar-refractivity contribution is 5.85. The molecule has 0 saturated heterocycles. The molecule has 0 spiro atoms. The molecule has 0 aliphatic carbocycles. The molecule has 2 rings (SSSR count). The standard InChI is InChI=1S/C20H24N2O2/c1-3-4-13-24-19-8-6-5-7-18(19)15-21-22-20(23)14-17-11-9-16(2)10-12-17/h5-12,15H,3-4,13-14H2,1-2H3,(H,22,23)/b21-15-. The van der Waals surface area contributed by atoms with Crippen LogP contribution in [0.5, 0.6) is 5.75 Å². The number of aryl methyl sites for hydroxylation is 1. The van der Waals surface area contributed by atoms with E-state index in [4.69, 9.17) is 4.74 Å². The molecule has 0 aromatic heterocycles. The summed E-state index contributed by atoms with van der Waals surface area (Å²) in [6, 6.07) is 15.6. The highest BCUT2D eigenvalue weighted by atomic mass is 16.5. The lowest BCUT2D eigenvalue weighted by molar-refractivity contribution is -0.120. The molecule has 2 aromatic carbocycles. The van der Waals surface area contributed by atoms with Crippen molar-refractivity contribution in [3.63, 3.8) is 0 Å². The van der Waals surface area contributed by atoms with Crippen molar-refractivity contribution < 1.29 is 9.53 Å². The lowest BCUT2D eigenvalue weighted by Crippen LogP contribution is -2.19. The molecule has 0 atom stereocenters. The van der Waals surface area contributed by atoms with E-state index in [1.54, 1.807) is 6.21 Å². The van der Waals surface area contributed by atoms with Crippen LogP contribution in [0, 0.1) is 6.92 Å². The molecule has 0 bridgehead atoms. The number of hydrogen-bond donors (Lipinski definition) is 1. The summed E-state index contributed by atoms with van der Waals surface area (Å²) in [5, 5.41) is 4.04. The number of para-hydroxylation sites is 1. The molecule has 0 unspecified atom stereocenters. The fraction of sp³-hybridized carbons (Fsp3) is 0.300. The first kappa shape index (κ1) is 17.7. The van der Waals surface area contributed by atoms with Crippen molar-refractivity contribution in [3.8, 4) is 5.75 Å². The van der Waals surface area contributed by atoms with E-state index in [0.29, 0.717) is 13.0 Å². The van der Waals surface area contributed by atoms with Crippen molar-refractivity contribution in [1.29, 1.82) is 0 Å². The number of carbonyl (C=O) groups is 1. The summed E-state index contributed by atoms with van der Waals surface area (Å²) >= 11 is 0. The van der Waals surface area contributed by atoms with Gasteiger partial charge in [0.2, 0.25) is 5.91 Å². The van der Waals surface area contributed by atoms with Gasteiger partial charge in [0.05, 0.1) is 19.2 Å². The minimum atomic E-state index is -0.139. The largest absolute Gasteiger partial charge is 0.493 e. The number of nitrogens with one attached hydrogen (secondary N) is 1. The molecule has 2 aromatic rings. The average molecular weight is 324 g/mol. The van der Waals surface area contributed by atoms with E-state index in [1.807, 2.05) is 55.5 Å². The van der Waals surface area contributed by atoms with E-state index >= 15 is 0 Å². The van der Waals surface area contributed by atoms with Gasteiger partial charge in [-0.3, -0.25) is 4.79 Å². The van der Waals surface area contributed by atoms with Crippen molar-refractivity contribution in [2.75, 3.05) is 6.61 Å². The summed E-state index contributed by atoms with van der Waals surface area (Å²) in [7, 11) is 0. The van der Waals surface area contributed by atoms with Crippen LogP contribution in [0.15, 0.2) is 53.6 Å². The van der Waals surface area contributed by atoms with E-state index in [9.17, 15) is 4.79 Å². The quantitative estimate of drug-likeness (QED) is 0.455. The molecule has 0 aliphatic heterocycles. The molecular weight excluding hydrogens is 300 g/mol. The maximum Gasteiger partial charge on any atom is 0.244 e. The molecule has 1 N–H and O–H groups in total. The van der Waals surface area contributed by atoms with E-state index < -0.39 is 0 Å². The monoisotopic (exact) mass is 324 g/mol. The van der Waals surface area contributed by atoms with E-state index in [2.05, 4.69) is 17.5 Å². The molecule has 126 valence electrons. The number of benzene rings is 2. The number of nitrogens with zero attached hydrogens (tertiary/aromatic N) is 1. The van der Waals surface area contributed by atoms with Gasteiger partial charge in [-0.05, 0) is 31.0 Å². The normalized spacial score (nSPS) is 10.8. The van der Waals surface area contributed by atoms with Crippen LogP contribution in [0.1, 0.15) is 36.5 Å². The van der Waals surface area contributed by atoms with Crippen LogP contribution in [-0.2, 0) is 11.2 Å². The van der Waals surface area contributed by atoms with Gasteiger partial charge in [-0.1, -0.05) is 55.3 Å². The molecular formula is C20H24N2O2. The van der Waals surface area contributed by atoms with Crippen molar-refractivity contribution in [2.45, 2.75) is 33.1 Å². The van der Waals surface area contributed by atoms with Crippen molar-refractivity contribution in [1.82, 2.24) is 5.43 Å². The molecule has 1 amide bonds. The molecule has 4 nitrogen and oxygen atoms in total. The van der Waals surface area contributed by atoms with Crippen LogP contribution in [0.3, 0.4) is 0 Å². The average Bonchev–Trinajstić information content (AvgIpc) is 2.58. The molecule has 0 radical (unpaired) electrons. The Balaban J connectivity index is 1.89. The predicted octanol–water partition coefficient (Wildman–Crippen LogP) is 3.87. The Morgan fingerprint density at radius 1 is 1.17 bits per heavy atom. The third kappa shape index (κ3) is 5.88. The third-order valence-electron chi connectivity index (χ3n) is 3.55. The first-order valence-electron chi connectivity index (χ1n) is 8.28. The summed E-state index contributed by atoms with van der Waals surface area (Å²) < 4.78 is 5.74. The second-order valence-corrected chi connectivity index (χ2v) is 5.70. The van der Waals surface area contributed by atoms with Gasteiger partial charge in [0.1, 0.15) is 5.75 Å². The van der Waals surface area contributed by atoms with Gasteiger partial charge in [-0.2, -0.15) is 5.10 Å². The summed E-state index contributed by atoms with van der Waals surface area (Å²) in [6.07, 6.45) is 4.03. The molecule has 0 aliphatic rings. The van der Waals surface area contributed by atoms with Crippen LogP contribution in [0.2, 0.25) is 0 Å². The lowest BCUT2D eigenvalue weighted by atomic mass is 10.1. The molecule has 24 heavy (non-hydrogen) atoms. The first-order chi connectivity index (χ1) is 11.7. The lowest BCUT2D eigenvalue weighted by Gasteiger charge is -2.08. The highest BCUT2D eigenvalue weighted by Gasteiger charge is 2.03. The van der Waals surface area contributed by atoms with Crippen LogP contribution in [-0.4, -0.2) is 18.7 Å². The Bertz CT molecular complexity index is 678. The van der Waals surface area contributed by atoms with E-state index in [1.165, 1.54) is 5.56 Å². The second-order valence-electron chi connectivity index (χ2n) is 5.70. The zero-order chi connectivity index (χ0) is 17.2. The number of hydrazone groups is 1. The van der Waals surface area contributed by atoms with Crippen molar-refractivity contribution in [3.05, 3.63) is 65.2 Å². The van der Waals surface area contributed by atoms with Crippen LogP contribution in [0.25, 0.3) is 0 Å². The fourth-order valence-corrected chi connectivity index (χ4v) is 2.15. The maximum absolute atomic E-state index is 11.9. The van der Waals surface area contributed by atoms with Crippen LogP contribution < -0.4 is 10.2 Å². The van der Waals surface area contributed by atoms with Gasteiger partial charge in [0, 0.05) is 5.56 Å². The zero-order valence-electron chi connectivity index (χ0n) is 14.3. The van der Waals surface area contributed by atoms with Crippen LogP contribution in [0.4, 0.5) is 0 Å². The van der Waals surface area contributed by atoms with Gasteiger partial charge in [0.15, 0.2) is 0 Å². The minimum absolute atomic E-state index is 0.139. The van der Waals surface area contributed by atoms with Crippen molar-refractivity contribution in [2.24, 2.45) is 5.10 Å². The third-order valence-corrected chi connectivity index (χ3v) is 3.55. The van der Waals surface area contributed by atoms with Gasteiger partial charge in [-0.25, -0.2) is 5.43 Å². The van der Waals surface area contributed by atoms with E-state index in [-0.39, 0.29) is 5.91 Å². The first-order valence-corrected chi connectivity index (χ1v) is 8.28. The summed E-state index contributed by atoms with van der Waals surface area (Å²) in [5.41, 5.74) is 5.56. The number of rotatable bonds is 8. The molecule has 4 heteroatoms. The van der Waals surface area contributed by atoms with Gasteiger partial charge >= 0.3 is 0 Å². The van der Waals surface area contributed by atoms with Gasteiger partial charge in [-0.15, -0.1) is 0 Å². The summed E-state index contributed by atoms with van der Waals surface area (Å²) in [4.78, 5) is 11.9. The maximum atomic E-state index is 11.9. The number of hydrogen-bond acceptors (Lipinski definition) is 3. The Morgan fingerprint density at radius 2 is 1.92 bits per heavy atom. The van der Waals surface area contributed by atoms with Gasteiger partial charge in [0.25, 0.3) is 0 Å². The summed E-state index contributed by atoms with van der Waals surface area (Å²) in [5.74, 6) is 0.641. The molecule has 0 fully saturated rings. The highest BCUT2D eigenvalue weighted by Crippen LogP contribution is 2.16. The molecule has 0 saturated carbocycles. The Morgan fingerprint density at radius 3 is 2.67 bits per heavy atom. The number of ether oxygens (including phenoxy) is 1. The Hall–Kier alpha value is -2.62. The fourth-order valence-electron chi connectivity index (χ4n) is 2.15. The van der Waals surface area contributed by atoms with E-state index in [0.717, 1.165) is 29.7 Å². The minimum Gasteiger partial charge on any atom is -0.493 e. The molecule has 0 heterocycles. The predicted molar refractivity (Wildman–Crippen MR) is 97.5 cm³/mol. The smallest absolute Gasteiger partial charge is 0.244 e. The second kappa shape index (κ2) is 9.50. The van der Waals surface area contributed by atoms with Crippen molar-refractivity contribution >= 4 is 12.1 Å². The topological polar surface area (TPSA) is 50.7 Å². The zero-order valence-corrected chi connectivity index (χ0v) is 14.3. The summed E-state index contributed by atoms with van der Waals surface area (Å²) in [6.45, 7) is 4.83. The van der Waals surface area contributed by atoms with Crippen LogP contribution >= 0.6 is 0 Å².